The highest BCUT2D eigenvalue weighted by Crippen LogP contribution is 2.36. The van der Waals surface area contributed by atoms with Gasteiger partial charge in [0.15, 0.2) is 0 Å². The lowest BCUT2D eigenvalue weighted by Crippen LogP contribution is -2.32. The number of hydrogen-bond acceptors (Lipinski definition) is 3. The van der Waals surface area contributed by atoms with Crippen molar-refractivity contribution in [2.75, 3.05) is 18.8 Å². The first-order chi connectivity index (χ1) is 10.6. The molecule has 1 aromatic heterocycles. The number of thioether (sulfide) groups is 1. The first-order valence-corrected chi connectivity index (χ1v) is 9.02. The molecule has 2 aromatic rings. The summed E-state index contributed by atoms with van der Waals surface area (Å²) < 4.78 is 27.3. The van der Waals surface area contributed by atoms with Crippen LogP contribution in [0.4, 0.5) is 8.78 Å². The van der Waals surface area contributed by atoms with Crippen LogP contribution in [0, 0.1) is 11.6 Å². The molecule has 1 fully saturated rings. The van der Waals surface area contributed by atoms with Gasteiger partial charge in [-0.1, -0.05) is 0 Å². The summed E-state index contributed by atoms with van der Waals surface area (Å²) in [6, 6.07) is 5.38. The minimum absolute atomic E-state index is 0.0159. The number of carbonyl (C=O) groups is 1. The Bertz CT molecular complexity index is 660. The van der Waals surface area contributed by atoms with Crippen LogP contribution in [-0.2, 0) is 0 Å². The number of nitrogens with zero attached hydrogens (tertiary/aromatic N) is 1. The van der Waals surface area contributed by atoms with Gasteiger partial charge in [0, 0.05) is 35.0 Å². The molecule has 3 rings (SSSR count). The maximum Gasteiger partial charge on any atom is 0.254 e. The Labute approximate surface area is 136 Å². The van der Waals surface area contributed by atoms with Crippen molar-refractivity contribution in [2.45, 2.75) is 11.7 Å². The van der Waals surface area contributed by atoms with Gasteiger partial charge in [0.25, 0.3) is 5.91 Å². The Kier molecular flexibility index (Phi) is 4.78. The monoisotopic (exact) mass is 339 g/mol. The number of halogens is 2. The predicted octanol–water partition coefficient (Wildman–Crippen LogP) is 4.35. The fraction of sp³-hybridized carbons (Fsp3) is 0.312. The molecular formula is C16H15F2NOS2. The van der Waals surface area contributed by atoms with Crippen molar-refractivity contribution < 1.29 is 13.6 Å². The van der Waals surface area contributed by atoms with Crippen LogP contribution in [0.1, 0.15) is 27.6 Å². The van der Waals surface area contributed by atoms with Crippen LogP contribution in [0.2, 0.25) is 0 Å². The highest BCUT2D eigenvalue weighted by Gasteiger charge is 2.24. The Balaban J connectivity index is 1.72. The van der Waals surface area contributed by atoms with Crippen molar-refractivity contribution in [1.29, 1.82) is 0 Å². The summed E-state index contributed by atoms with van der Waals surface area (Å²) in [6.45, 7) is 1.19. The summed E-state index contributed by atoms with van der Waals surface area (Å²) in [5, 5.41) is 3.60. The molecule has 1 amide bonds. The molecule has 1 aliphatic heterocycles. The highest BCUT2D eigenvalue weighted by atomic mass is 32.2. The number of rotatable bonds is 2. The van der Waals surface area contributed by atoms with Crippen LogP contribution in [0.5, 0.6) is 0 Å². The summed E-state index contributed by atoms with van der Waals surface area (Å²) in [4.78, 5) is 14.2. The lowest BCUT2D eigenvalue weighted by atomic mass is 10.1. The van der Waals surface area contributed by atoms with Crippen molar-refractivity contribution in [1.82, 2.24) is 4.90 Å². The average molecular weight is 339 g/mol. The Hall–Kier alpha value is -1.40. The van der Waals surface area contributed by atoms with Crippen molar-refractivity contribution in [3.05, 3.63) is 57.8 Å². The van der Waals surface area contributed by atoms with Gasteiger partial charge in [-0.15, -0.1) is 0 Å². The molecule has 1 saturated heterocycles. The van der Waals surface area contributed by atoms with Gasteiger partial charge in [-0.2, -0.15) is 23.1 Å². The smallest absolute Gasteiger partial charge is 0.254 e. The maximum absolute atomic E-state index is 13.9. The second-order valence-corrected chi connectivity index (χ2v) is 7.21. The van der Waals surface area contributed by atoms with Gasteiger partial charge in [0.05, 0.1) is 5.56 Å². The average Bonchev–Trinajstić information content (AvgIpc) is 2.94. The molecule has 2 nitrogen and oxygen atoms in total. The topological polar surface area (TPSA) is 20.3 Å². The second-order valence-electron chi connectivity index (χ2n) is 5.12. The molecule has 0 aliphatic carbocycles. The Morgan fingerprint density at radius 3 is 2.86 bits per heavy atom. The number of thiophene rings is 1. The Morgan fingerprint density at radius 1 is 1.23 bits per heavy atom. The van der Waals surface area contributed by atoms with Crippen LogP contribution in [0.25, 0.3) is 0 Å². The predicted molar refractivity (Wildman–Crippen MR) is 86.4 cm³/mol. The van der Waals surface area contributed by atoms with Gasteiger partial charge in [0.2, 0.25) is 0 Å². The third-order valence-corrected chi connectivity index (χ3v) is 5.70. The van der Waals surface area contributed by atoms with Crippen molar-refractivity contribution >= 4 is 29.0 Å². The molecule has 116 valence electrons. The van der Waals surface area contributed by atoms with E-state index in [1.165, 1.54) is 23.5 Å². The molecule has 1 aliphatic rings. The van der Waals surface area contributed by atoms with E-state index in [1.54, 1.807) is 16.7 Å². The second kappa shape index (κ2) is 6.79. The summed E-state index contributed by atoms with van der Waals surface area (Å²) in [7, 11) is 0. The van der Waals surface area contributed by atoms with Crippen LogP contribution in [0.15, 0.2) is 35.0 Å². The SMILES string of the molecule is O=C(c1ccsc1)N1CCSC(c2cc(F)ccc2F)CC1. The van der Waals surface area contributed by atoms with E-state index < -0.39 is 5.82 Å². The minimum atomic E-state index is -0.424. The quantitative estimate of drug-likeness (QED) is 0.811. The fourth-order valence-electron chi connectivity index (χ4n) is 2.55. The molecule has 0 spiro atoms. The van der Waals surface area contributed by atoms with Gasteiger partial charge >= 0.3 is 0 Å². The molecule has 1 unspecified atom stereocenters. The normalized spacial score (nSPS) is 19.0. The van der Waals surface area contributed by atoms with E-state index in [2.05, 4.69) is 0 Å². The standard InChI is InChI=1S/C16H15F2NOS2/c17-12-1-2-14(18)13(9-12)15-3-5-19(6-8-22-15)16(20)11-4-7-21-10-11/h1-2,4,7,9-10,15H,3,5-6,8H2. The van der Waals surface area contributed by atoms with E-state index in [4.69, 9.17) is 0 Å². The zero-order valence-electron chi connectivity index (χ0n) is 11.8. The maximum atomic E-state index is 13.9. The van der Waals surface area contributed by atoms with Crippen LogP contribution < -0.4 is 0 Å². The third-order valence-electron chi connectivity index (χ3n) is 3.70. The van der Waals surface area contributed by atoms with Crippen molar-refractivity contribution in [2.24, 2.45) is 0 Å². The van der Waals surface area contributed by atoms with E-state index in [0.29, 0.717) is 30.6 Å². The molecule has 22 heavy (non-hydrogen) atoms. The molecule has 0 saturated carbocycles. The largest absolute Gasteiger partial charge is 0.338 e. The van der Waals surface area contributed by atoms with Gasteiger partial charge < -0.3 is 4.90 Å². The molecule has 2 heterocycles. The molecule has 0 radical (unpaired) electrons. The zero-order valence-corrected chi connectivity index (χ0v) is 13.4. The van der Waals surface area contributed by atoms with Gasteiger partial charge in [0.1, 0.15) is 11.6 Å². The van der Waals surface area contributed by atoms with Crippen molar-refractivity contribution in [3.8, 4) is 0 Å². The molecule has 0 bridgehead atoms. The van der Waals surface area contributed by atoms with Gasteiger partial charge in [-0.3, -0.25) is 4.79 Å². The number of carbonyl (C=O) groups excluding carboxylic acids is 1. The Morgan fingerprint density at radius 2 is 2.09 bits per heavy atom. The number of amides is 1. The summed E-state index contributed by atoms with van der Waals surface area (Å²) in [6.07, 6.45) is 0.626. The van der Waals surface area contributed by atoms with Gasteiger partial charge in [-0.25, -0.2) is 8.78 Å². The molecule has 1 aromatic carbocycles. The van der Waals surface area contributed by atoms with E-state index in [1.807, 2.05) is 16.8 Å². The summed E-state index contributed by atoms with van der Waals surface area (Å²) in [5.41, 5.74) is 1.10. The van der Waals surface area contributed by atoms with Gasteiger partial charge in [-0.05, 0) is 36.1 Å². The van der Waals surface area contributed by atoms with Crippen LogP contribution in [-0.4, -0.2) is 29.6 Å². The zero-order chi connectivity index (χ0) is 15.5. The molecular weight excluding hydrogens is 324 g/mol. The summed E-state index contributed by atoms with van der Waals surface area (Å²) >= 11 is 3.07. The van der Waals surface area contributed by atoms with E-state index >= 15 is 0 Å². The van der Waals surface area contributed by atoms with E-state index in [0.717, 1.165) is 11.8 Å². The number of hydrogen-bond donors (Lipinski definition) is 0. The lowest BCUT2D eigenvalue weighted by Gasteiger charge is -2.19. The number of benzene rings is 1. The van der Waals surface area contributed by atoms with Crippen LogP contribution >= 0.6 is 23.1 Å². The van der Waals surface area contributed by atoms with Crippen molar-refractivity contribution in [3.63, 3.8) is 0 Å². The fourth-order valence-corrected chi connectivity index (χ4v) is 4.42. The molecule has 6 heteroatoms. The van der Waals surface area contributed by atoms with E-state index in [9.17, 15) is 13.6 Å². The first kappa shape index (κ1) is 15.5. The minimum Gasteiger partial charge on any atom is -0.338 e. The third kappa shape index (κ3) is 3.33. The highest BCUT2D eigenvalue weighted by molar-refractivity contribution is 7.99. The first-order valence-electron chi connectivity index (χ1n) is 7.03. The lowest BCUT2D eigenvalue weighted by molar-refractivity contribution is 0.0767. The van der Waals surface area contributed by atoms with Crippen LogP contribution in [0.3, 0.4) is 0 Å². The van der Waals surface area contributed by atoms with E-state index in [-0.39, 0.29) is 17.0 Å². The summed E-state index contributed by atoms with van der Waals surface area (Å²) in [5.74, 6) is -0.0672. The molecule has 0 N–H and O–H groups in total. The molecule has 1 atom stereocenters.